The Morgan fingerprint density at radius 3 is 2.75 bits per heavy atom. The first-order chi connectivity index (χ1) is 11.6. The van der Waals surface area contributed by atoms with Gasteiger partial charge in [-0.25, -0.2) is 0 Å². The van der Waals surface area contributed by atoms with Crippen LogP contribution in [0.25, 0.3) is 0 Å². The molecule has 7 nitrogen and oxygen atoms in total. The zero-order valence-corrected chi connectivity index (χ0v) is 14.0. The van der Waals surface area contributed by atoms with Crippen LogP contribution in [-0.2, 0) is 4.79 Å². The molecular weight excluding hydrogens is 308 g/mol. The lowest BCUT2D eigenvalue weighted by molar-refractivity contribution is -0.117. The number of anilines is 2. The van der Waals surface area contributed by atoms with Crippen LogP contribution in [-0.4, -0.2) is 55.8 Å². The number of hydrogen-bond acceptors (Lipinski definition) is 6. The molecule has 3 rings (SSSR count). The van der Waals surface area contributed by atoms with E-state index in [9.17, 15) is 4.79 Å². The average molecular weight is 330 g/mol. The Morgan fingerprint density at radius 1 is 1.29 bits per heavy atom. The van der Waals surface area contributed by atoms with Crippen LogP contribution in [0.15, 0.2) is 34.9 Å². The highest BCUT2D eigenvalue weighted by Crippen LogP contribution is 2.22. The molecule has 1 saturated heterocycles. The molecule has 0 spiro atoms. The third-order valence-electron chi connectivity index (χ3n) is 4.05. The topological polar surface area (TPSA) is 70.8 Å². The third-order valence-corrected chi connectivity index (χ3v) is 4.05. The van der Waals surface area contributed by atoms with Gasteiger partial charge in [0.05, 0.1) is 13.7 Å². The van der Waals surface area contributed by atoms with E-state index in [4.69, 9.17) is 9.26 Å². The maximum Gasteiger partial charge on any atom is 0.239 e. The number of ether oxygens (including phenoxy) is 1. The molecule has 1 aliphatic rings. The minimum absolute atomic E-state index is 0.0712. The maximum atomic E-state index is 12.1. The number of nitrogens with one attached hydrogen (secondary N) is 1. The van der Waals surface area contributed by atoms with Gasteiger partial charge < -0.3 is 19.5 Å². The van der Waals surface area contributed by atoms with Gasteiger partial charge in [0.1, 0.15) is 11.5 Å². The second kappa shape index (κ2) is 7.35. The summed E-state index contributed by atoms with van der Waals surface area (Å²) in [5, 5.41) is 6.52. The lowest BCUT2D eigenvalue weighted by Crippen LogP contribution is -2.48. The van der Waals surface area contributed by atoms with Crippen LogP contribution in [0, 0.1) is 6.92 Å². The van der Waals surface area contributed by atoms with E-state index in [1.165, 1.54) is 0 Å². The van der Waals surface area contributed by atoms with Gasteiger partial charge in [0.2, 0.25) is 5.91 Å². The molecule has 0 unspecified atom stereocenters. The Hall–Kier alpha value is -2.54. The van der Waals surface area contributed by atoms with Crippen LogP contribution >= 0.6 is 0 Å². The van der Waals surface area contributed by atoms with Crippen LogP contribution in [0.3, 0.4) is 0 Å². The lowest BCUT2D eigenvalue weighted by atomic mass is 10.2. The second-order valence-corrected chi connectivity index (χ2v) is 5.84. The van der Waals surface area contributed by atoms with E-state index < -0.39 is 0 Å². The van der Waals surface area contributed by atoms with Crippen LogP contribution in [0.2, 0.25) is 0 Å². The van der Waals surface area contributed by atoms with Crippen molar-refractivity contribution in [1.82, 2.24) is 10.1 Å². The van der Waals surface area contributed by atoms with E-state index in [2.05, 4.69) is 26.3 Å². The van der Waals surface area contributed by atoms with Crippen molar-refractivity contribution < 1.29 is 14.1 Å². The molecule has 2 heterocycles. The van der Waals surface area contributed by atoms with E-state index in [1.807, 2.05) is 18.2 Å². The number of amides is 1. The molecule has 1 amide bonds. The van der Waals surface area contributed by atoms with Gasteiger partial charge in [0.15, 0.2) is 5.82 Å². The molecule has 0 radical (unpaired) electrons. The summed E-state index contributed by atoms with van der Waals surface area (Å²) < 4.78 is 10.2. The number of aromatic nitrogens is 1. The van der Waals surface area contributed by atoms with E-state index in [0.29, 0.717) is 18.1 Å². The Morgan fingerprint density at radius 2 is 2.08 bits per heavy atom. The van der Waals surface area contributed by atoms with Gasteiger partial charge in [-0.3, -0.25) is 9.69 Å². The van der Waals surface area contributed by atoms with Gasteiger partial charge in [-0.15, -0.1) is 0 Å². The third kappa shape index (κ3) is 4.05. The van der Waals surface area contributed by atoms with Gasteiger partial charge in [0, 0.05) is 44.0 Å². The summed E-state index contributed by atoms with van der Waals surface area (Å²) in [4.78, 5) is 16.5. The van der Waals surface area contributed by atoms with Crippen molar-refractivity contribution in [2.24, 2.45) is 0 Å². The zero-order valence-electron chi connectivity index (χ0n) is 14.0. The average Bonchev–Trinajstić information content (AvgIpc) is 3.00. The number of rotatable bonds is 5. The predicted octanol–water partition coefficient (Wildman–Crippen LogP) is 1.75. The Bertz CT molecular complexity index is 693. The Kier molecular flexibility index (Phi) is 5.00. The molecule has 0 aliphatic carbocycles. The number of carbonyl (C=O) groups excluding carboxylic acids is 1. The monoisotopic (exact) mass is 330 g/mol. The fourth-order valence-electron chi connectivity index (χ4n) is 2.78. The molecule has 0 bridgehead atoms. The Labute approximate surface area is 141 Å². The quantitative estimate of drug-likeness (QED) is 0.901. The maximum absolute atomic E-state index is 12.1. The first kappa shape index (κ1) is 16.3. The molecule has 0 atom stereocenters. The number of piperazine rings is 1. The van der Waals surface area contributed by atoms with E-state index in [-0.39, 0.29) is 5.91 Å². The van der Waals surface area contributed by atoms with E-state index in [0.717, 1.165) is 37.6 Å². The summed E-state index contributed by atoms with van der Waals surface area (Å²) in [7, 11) is 1.67. The largest absolute Gasteiger partial charge is 0.497 e. The fraction of sp³-hybridized carbons (Fsp3) is 0.412. The molecule has 7 heteroatoms. The molecule has 1 aromatic heterocycles. The zero-order chi connectivity index (χ0) is 16.9. The highest BCUT2D eigenvalue weighted by Gasteiger charge is 2.20. The van der Waals surface area contributed by atoms with Crippen molar-refractivity contribution in [1.29, 1.82) is 0 Å². The van der Waals surface area contributed by atoms with Crippen molar-refractivity contribution >= 4 is 17.4 Å². The van der Waals surface area contributed by atoms with Crippen LogP contribution in [0.5, 0.6) is 5.75 Å². The minimum atomic E-state index is -0.0712. The van der Waals surface area contributed by atoms with Gasteiger partial charge in [-0.2, -0.15) is 0 Å². The molecule has 2 aromatic rings. The number of benzene rings is 1. The highest BCUT2D eigenvalue weighted by atomic mass is 16.5. The van der Waals surface area contributed by atoms with E-state index in [1.54, 1.807) is 20.1 Å². The molecule has 1 fully saturated rings. The normalized spacial score (nSPS) is 15.3. The van der Waals surface area contributed by atoms with Crippen LogP contribution in [0.1, 0.15) is 5.76 Å². The molecular formula is C17H22N4O3. The predicted molar refractivity (Wildman–Crippen MR) is 91.5 cm³/mol. The second-order valence-electron chi connectivity index (χ2n) is 5.84. The molecule has 1 aliphatic heterocycles. The minimum Gasteiger partial charge on any atom is -0.497 e. The van der Waals surface area contributed by atoms with Crippen molar-refractivity contribution in [3.8, 4) is 5.75 Å². The van der Waals surface area contributed by atoms with Gasteiger partial charge in [-0.05, 0) is 19.1 Å². The van der Waals surface area contributed by atoms with Gasteiger partial charge in [-0.1, -0.05) is 11.2 Å². The molecule has 128 valence electrons. The molecule has 0 saturated carbocycles. The number of carbonyl (C=O) groups is 1. The molecule has 24 heavy (non-hydrogen) atoms. The number of nitrogens with zero attached hydrogens (tertiary/aromatic N) is 3. The van der Waals surface area contributed by atoms with Crippen LogP contribution < -0.4 is 15.0 Å². The summed E-state index contributed by atoms with van der Waals surface area (Å²) in [5.74, 6) is 1.93. The number of methoxy groups -OCH3 is 1. The van der Waals surface area contributed by atoms with Crippen molar-refractivity contribution in [2.75, 3.05) is 50.1 Å². The summed E-state index contributed by atoms with van der Waals surface area (Å²) in [6, 6.07) is 9.76. The summed E-state index contributed by atoms with van der Waals surface area (Å²) >= 11 is 0. The van der Waals surface area contributed by atoms with Gasteiger partial charge >= 0.3 is 0 Å². The number of aryl methyl sites for hydroxylation is 1. The molecule has 1 aromatic carbocycles. The van der Waals surface area contributed by atoms with Crippen molar-refractivity contribution in [3.05, 3.63) is 36.1 Å². The van der Waals surface area contributed by atoms with E-state index >= 15 is 0 Å². The smallest absolute Gasteiger partial charge is 0.239 e. The van der Waals surface area contributed by atoms with Crippen LogP contribution in [0.4, 0.5) is 11.5 Å². The first-order valence-electron chi connectivity index (χ1n) is 7.98. The van der Waals surface area contributed by atoms with Crippen molar-refractivity contribution in [2.45, 2.75) is 6.92 Å². The van der Waals surface area contributed by atoms with Crippen molar-refractivity contribution in [3.63, 3.8) is 0 Å². The summed E-state index contributed by atoms with van der Waals surface area (Å²) in [6.07, 6.45) is 0. The molecule has 1 N–H and O–H groups in total. The fourth-order valence-corrected chi connectivity index (χ4v) is 2.78. The highest BCUT2D eigenvalue weighted by molar-refractivity contribution is 5.91. The Balaban J connectivity index is 1.48. The lowest BCUT2D eigenvalue weighted by Gasteiger charge is -2.35. The van der Waals surface area contributed by atoms with Gasteiger partial charge in [0.25, 0.3) is 0 Å². The summed E-state index contributed by atoms with van der Waals surface area (Å²) in [6.45, 7) is 5.58. The number of hydrogen-bond donors (Lipinski definition) is 1. The SMILES string of the molecule is COc1cccc(N2CCN(CC(=O)Nc3cc(C)on3)CC2)c1. The first-order valence-corrected chi connectivity index (χ1v) is 7.98. The standard InChI is InChI=1S/C17H22N4O3/c1-13-10-16(19-24-13)18-17(22)12-20-6-8-21(9-7-20)14-4-3-5-15(11-14)23-2/h3-5,10-11H,6-9,12H2,1-2H3,(H,18,19,22). The summed E-state index contributed by atoms with van der Waals surface area (Å²) in [5.41, 5.74) is 1.15.